The van der Waals surface area contributed by atoms with Crippen molar-refractivity contribution < 1.29 is 13.6 Å². The second kappa shape index (κ2) is 5.93. The number of carbonyl (C=O) groups is 1. The van der Waals surface area contributed by atoms with Crippen molar-refractivity contribution in [3.05, 3.63) is 65.2 Å². The summed E-state index contributed by atoms with van der Waals surface area (Å²) in [7, 11) is 0. The van der Waals surface area contributed by atoms with Gasteiger partial charge in [-0.05, 0) is 23.8 Å². The number of halogens is 3. The molecule has 0 atom stereocenters. The van der Waals surface area contributed by atoms with Crippen molar-refractivity contribution in [3.8, 4) is 0 Å². The van der Waals surface area contributed by atoms with Gasteiger partial charge in [0.2, 0.25) is 0 Å². The second-order valence-electron chi connectivity index (χ2n) is 3.84. The Kier molecular flexibility index (Phi) is 4.27. The molecule has 0 radical (unpaired) electrons. The average Bonchev–Trinajstić information content (AvgIpc) is 2.39. The maximum absolute atomic E-state index is 13.5. The highest BCUT2D eigenvalue weighted by Crippen LogP contribution is 2.20. The summed E-state index contributed by atoms with van der Waals surface area (Å²) in [6.07, 6.45) is 0. The van der Waals surface area contributed by atoms with E-state index in [9.17, 15) is 13.6 Å². The Morgan fingerprint density at radius 1 is 1.05 bits per heavy atom. The van der Waals surface area contributed by atoms with Gasteiger partial charge in [0, 0.05) is 11.0 Å². The first-order valence-corrected chi connectivity index (χ1v) is 6.65. The molecule has 0 aliphatic carbocycles. The summed E-state index contributed by atoms with van der Waals surface area (Å²) in [6, 6.07) is 10.3. The normalized spacial score (nSPS) is 10.3. The van der Waals surface area contributed by atoms with Crippen molar-refractivity contribution in [3.63, 3.8) is 0 Å². The number of benzene rings is 2. The topological polar surface area (TPSA) is 29.1 Å². The van der Waals surface area contributed by atoms with Gasteiger partial charge in [0.1, 0.15) is 17.2 Å². The minimum atomic E-state index is -0.881. The zero-order valence-electron chi connectivity index (χ0n) is 9.79. The van der Waals surface area contributed by atoms with E-state index in [1.165, 1.54) is 6.07 Å². The van der Waals surface area contributed by atoms with E-state index in [-0.39, 0.29) is 0 Å². The Morgan fingerprint density at radius 3 is 2.32 bits per heavy atom. The molecule has 5 heteroatoms. The molecular weight excluding hydrogens is 316 g/mol. The largest absolute Gasteiger partial charge is 0.322 e. The zero-order chi connectivity index (χ0) is 13.8. The van der Waals surface area contributed by atoms with Crippen molar-refractivity contribution in [1.82, 2.24) is 0 Å². The van der Waals surface area contributed by atoms with Crippen molar-refractivity contribution in [2.45, 2.75) is 5.33 Å². The first kappa shape index (κ1) is 13.7. The molecule has 0 aromatic heterocycles. The molecule has 0 bridgehead atoms. The highest BCUT2D eigenvalue weighted by molar-refractivity contribution is 9.08. The SMILES string of the molecule is O=C(Nc1ccccc1CBr)c1c(F)cccc1F. The first-order valence-electron chi connectivity index (χ1n) is 5.52. The molecule has 0 aliphatic rings. The fourth-order valence-corrected chi connectivity index (χ4v) is 2.15. The molecule has 2 nitrogen and oxygen atoms in total. The predicted molar refractivity (Wildman–Crippen MR) is 73.4 cm³/mol. The molecule has 0 aliphatic heterocycles. The van der Waals surface area contributed by atoms with E-state index in [0.717, 1.165) is 17.7 Å². The van der Waals surface area contributed by atoms with Gasteiger partial charge in [-0.2, -0.15) is 0 Å². The van der Waals surface area contributed by atoms with Crippen LogP contribution >= 0.6 is 15.9 Å². The van der Waals surface area contributed by atoms with Crippen LogP contribution in [0.3, 0.4) is 0 Å². The summed E-state index contributed by atoms with van der Waals surface area (Å²) in [5, 5.41) is 3.04. The number of alkyl halides is 1. The molecule has 0 spiro atoms. The van der Waals surface area contributed by atoms with Crippen LogP contribution in [0.1, 0.15) is 15.9 Å². The van der Waals surface area contributed by atoms with Crippen LogP contribution in [-0.4, -0.2) is 5.91 Å². The molecule has 1 N–H and O–H groups in total. The van der Waals surface area contributed by atoms with Crippen molar-refractivity contribution in [2.75, 3.05) is 5.32 Å². The number of amides is 1. The number of hydrogen-bond donors (Lipinski definition) is 1. The molecular formula is C14H10BrF2NO. The number of nitrogens with one attached hydrogen (secondary N) is 1. The Morgan fingerprint density at radius 2 is 1.68 bits per heavy atom. The van der Waals surface area contributed by atoms with Gasteiger partial charge >= 0.3 is 0 Å². The first-order chi connectivity index (χ1) is 9.13. The molecule has 19 heavy (non-hydrogen) atoms. The van der Waals surface area contributed by atoms with Gasteiger partial charge in [0.25, 0.3) is 5.91 Å². The summed E-state index contributed by atoms with van der Waals surface area (Å²) in [5.41, 5.74) is 0.770. The summed E-state index contributed by atoms with van der Waals surface area (Å²) in [5.74, 6) is -2.56. The summed E-state index contributed by atoms with van der Waals surface area (Å²) >= 11 is 3.28. The molecule has 0 unspecified atom stereocenters. The van der Waals surface area contributed by atoms with Gasteiger partial charge in [0.15, 0.2) is 0 Å². The quantitative estimate of drug-likeness (QED) is 0.845. The van der Waals surface area contributed by atoms with E-state index in [0.29, 0.717) is 11.0 Å². The maximum atomic E-state index is 13.5. The van der Waals surface area contributed by atoms with Gasteiger partial charge in [0.05, 0.1) is 0 Å². The standard InChI is InChI=1S/C14H10BrF2NO/c15-8-9-4-1-2-7-12(9)18-14(19)13-10(16)5-3-6-11(13)17/h1-7H,8H2,(H,18,19). The average molecular weight is 326 g/mol. The number of rotatable bonds is 3. The third kappa shape index (κ3) is 2.98. The molecule has 2 rings (SSSR count). The van der Waals surface area contributed by atoms with E-state index >= 15 is 0 Å². The minimum Gasteiger partial charge on any atom is -0.322 e. The maximum Gasteiger partial charge on any atom is 0.261 e. The third-order valence-corrected chi connectivity index (χ3v) is 3.20. The van der Waals surface area contributed by atoms with E-state index in [1.54, 1.807) is 12.1 Å². The third-order valence-electron chi connectivity index (χ3n) is 2.60. The lowest BCUT2D eigenvalue weighted by Gasteiger charge is -2.10. The van der Waals surface area contributed by atoms with E-state index in [1.807, 2.05) is 12.1 Å². The zero-order valence-corrected chi connectivity index (χ0v) is 11.4. The number of para-hydroxylation sites is 1. The van der Waals surface area contributed by atoms with Crippen LogP contribution in [0.25, 0.3) is 0 Å². The van der Waals surface area contributed by atoms with E-state index < -0.39 is 23.1 Å². The van der Waals surface area contributed by atoms with Crippen LogP contribution in [0.4, 0.5) is 14.5 Å². The van der Waals surface area contributed by atoms with Crippen LogP contribution < -0.4 is 5.32 Å². The Balaban J connectivity index is 2.31. The van der Waals surface area contributed by atoms with Crippen LogP contribution in [0.2, 0.25) is 0 Å². The van der Waals surface area contributed by atoms with Gasteiger partial charge in [-0.25, -0.2) is 8.78 Å². The lowest BCUT2D eigenvalue weighted by molar-refractivity contribution is 0.101. The minimum absolute atomic E-state index is 0.520. The van der Waals surface area contributed by atoms with Crippen molar-refractivity contribution in [1.29, 1.82) is 0 Å². The molecule has 0 heterocycles. The molecule has 0 saturated heterocycles. The molecule has 0 fully saturated rings. The van der Waals surface area contributed by atoms with Gasteiger partial charge in [-0.1, -0.05) is 40.2 Å². The monoisotopic (exact) mass is 325 g/mol. The van der Waals surface area contributed by atoms with Gasteiger partial charge < -0.3 is 5.32 Å². The Hall–Kier alpha value is -1.75. The van der Waals surface area contributed by atoms with Gasteiger partial charge in [-0.15, -0.1) is 0 Å². The molecule has 98 valence electrons. The number of carbonyl (C=O) groups excluding carboxylic acids is 1. The van der Waals surface area contributed by atoms with Gasteiger partial charge in [-0.3, -0.25) is 4.79 Å². The second-order valence-corrected chi connectivity index (χ2v) is 4.40. The Labute approximate surface area is 117 Å². The Bertz CT molecular complexity index is 596. The fourth-order valence-electron chi connectivity index (χ4n) is 1.66. The molecule has 2 aromatic carbocycles. The number of hydrogen-bond acceptors (Lipinski definition) is 1. The highest BCUT2D eigenvalue weighted by Gasteiger charge is 2.17. The summed E-state index contributed by atoms with van der Waals surface area (Å²) in [4.78, 5) is 11.9. The van der Waals surface area contributed by atoms with Crippen LogP contribution in [-0.2, 0) is 5.33 Å². The summed E-state index contributed by atoms with van der Waals surface area (Å²) in [6.45, 7) is 0. The van der Waals surface area contributed by atoms with E-state index in [4.69, 9.17) is 0 Å². The van der Waals surface area contributed by atoms with Crippen molar-refractivity contribution in [2.24, 2.45) is 0 Å². The smallest absolute Gasteiger partial charge is 0.261 e. The lowest BCUT2D eigenvalue weighted by Crippen LogP contribution is -2.16. The molecule has 1 amide bonds. The molecule has 2 aromatic rings. The van der Waals surface area contributed by atoms with Crippen LogP contribution in [0, 0.1) is 11.6 Å². The highest BCUT2D eigenvalue weighted by atomic mass is 79.9. The predicted octanol–water partition coefficient (Wildman–Crippen LogP) is 4.11. The fraction of sp³-hybridized carbons (Fsp3) is 0.0714. The number of anilines is 1. The van der Waals surface area contributed by atoms with E-state index in [2.05, 4.69) is 21.2 Å². The summed E-state index contributed by atoms with van der Waals surface area (Å²) < 4.78 is 27.0. The van der Waals surface area contributed by atoms with Crippen LogP contribution in [0.5, 0.6) is 0 Å². The van der Waals surface area contributed by atoms with Crippen molar-refractivity contribution >= 4 is 27.5 Å². The lowest BCUT2D eigenvalue weighted by atomic mass is 10.1. The molecule has 0 saturated carbocycles. The van der Waals surface area contributed by atoms with Crippen LogP contribution in [0.15, 0.2) is 42.5 Å².